The van der Waals surface area contributed by atoms with Crippen LogP contribution in [-0.4, -0.2) is 24.0 Å². The molecule has 0 aromatic carbocycles. The van der Waals surface area contributed by atoms with Gasteiger partial charge in [-0.15, -0.1) is 12.4 Å². The average molecular weight is 214 g/mol. The fourth-order valence-electron chi connectivity index (χ4n) is 1.56. The second-order valence-corrected chi connectivity index (χ2v) is 2.99. The van der Waals surface area contributed by atoms with Crippen molar-refractivity contribution in [3.8, 4) is 0 Å². The molecule has 0 saturated heterocycles. The van der Waals surface area contributed by atoms with Gasteiger partial charge in [0.05, 0.1) is 6.54 Å². The van der Waals surface area contributed by atoms with Crippen LogP contribution in [-0.2, 0) is 11.2 Å². The number of pyridine rings is 1. The monoisotopic (exact) mass is 213 g/mol. The zero-order chi connectivity index (χ0) is 9.26. The van der Waals surface area contributed by atoms with Crippen LogP contribution in [0, 0.1) is 0 Å². The lowest BCUT2D eigenvalue weighted by Gasteiger charge is -2.14. The molecule has 5 heteroatoms. The standard InChI is InChI=1S/C9H11N3O.ClH/c10-6-8(13)12-5-3-7-2-1-4-11-9(7)12;/h1-2,4H,3,5-6,10H2;1H. The minimum atomic E-state index is -0.0579. The zero-order valence-electron chi connectivity index (χ0n) is 7.64. The van der Waals surface area contributed by atoms with Crippen LogP contribution in [0.25, 0.3) is 0 Å². The van der Waals surface area contributed by atoms with Crippen molar-refractivity contribution in [3.63, 3.8) is 0 Å². The highest BCUT2D eigenvalue weighted by Gasteiger charge is 2.24. The summed E-state index contributed by atoms with van der Waals surface area (Å²) >= 11 is 0. The van der Waals surface area contributed by atoms with E-state index in [-0.39, 0.29) is 24.9 Å². The first-order valence-corrected chi connectivity index (χ1v) is 4.27. The van der Waals surface area contributed by atoms with Crippen molar-refractivity contribution in [1.29, 1.82) is 0 Å². The molecule has 0 atom stereocenters. The molecule has 76 valence electrons. The number of amides is 1. The maximum Gasteiger partial charge on any atom is 0.241 e. The fraction of sp³-hybridized carbons (Fsp3) is 0.333. The Kier molecular flexibility index (Phi) is 3.43. The summed E-state index contributed by atoms with van der Waals surface area (Å²) in [7, 11) is 0. The largest absolute Gasteiger partial charge is 0.322 e. The lowest BCUT2D eigenvalue weighted by Crippen LogP contribution is -2.34. The summed E-state index contributed by atoms with van der Waals surface area (Å²) in [4.78, 5) is 17.1. The third-order valence-corrected chi connectivity index (χ3v) is 2.20. The van der Waals surface area contributed by atoms with Crippen LogP contribution < -0.4 is 10.6 Å². The summed E-state index contributed by atoms with van der Waals surface area (Å²) in [5, 5.41) is 0. The van der Waals surface area contributed by atoms with Crippen molar-refractivity contribution < 1.29 is 4.79 Å². The van der Waals surface area contributed by atoms with Crippen molar-refractivity contribution in [2.75, 3.05) is 18.0 Å². The number of nitrogens with zero attached hydrogens (tertiary/aromatic N) is 2. The second-order valence-electron chi connectivity index (χ2n) is 2.99. The van der Waals surface area contributed by atoms with E-state index >= 15 is 0 Å². The topological polar surface area (TPSA) is 59.2 Å². The van der Waals surface area contributed by atoms with Crippen molar-refractivity contribution in [1.82, 2.24) is 4.98 Å². The van der Waals surface area contributed by atoms with Gasteiger partial charge in [-0.25, -0.2) is 4.98 Å². The highest BCUT2D eigenvalue weighted by atomic mass is 35.5. The predicted molar refractivity (Wildman–Crippen MR) is 56.6 cm³/mol. The van der Waals surface area contributed by atoms with Gasteiger partial charge >= 0.3 is 0 Å². The number of fused-ring (bicyclic) bond motifs is 1. The van der Waals surface area contributed by atoms with Crippen molar-refractivity contribution >= 4 is 24.1 Å². The van der Waals surface area contributed by atoms with Crippen LogP contribution in [0.1, 0.15) is 5.56 Å². The summed E-state index contributed by atoms with van der Waals surface area (Å²) in [5.74, 6) is 0.718. The SMILES string of the molecule is Cl.NCC(=O)N1CCc2cccnc21. The smallest absolute Gasteiger partial charge is 0.241 e. The summed E-state index contributed by atoms with van der Waals surface area (Å²) in [6, 6.07) is 3.88. The molecule has 1 amide bonds. The highest BCUT2D eigenvalue weighted by molar-refractivity contribution is 5.95. The Morgan fingerprint density at radius 3 is 3.14 bits per heavy atom. The van der Waals surface area contributed by atoms with Crippen molar-refractivity contribution in [2.45, 2.75) is 6.42 Å². The third kappa shape index (κ3) is 1.71. The van der Waals surface area contributed by atoms with Gasteiger partial charge in [-0.05, 0) is 18.1 Å². The summed E-state index contributed by atoms with van der Waals surface area (Å²) in [6.45, 7) is 0.762. The van der Waals surface area contributed by atoms with Crippen LogP contribution in [0.2, 0.25) is 0 Å². The number of nitrogens with two attached hydrogens (primary N) is 1. The minimum Gasteiger partial charge on any atom is -0.322 e. The van der Waals surface area contributed by atoms with E-state index in [1.165, 1.54) is 0 Å². The van der Waals surface area contributed by atoms with Crippen molar-refractivity contribution in [2.24, 2.45) is 5.73 Å². The van der Waals surface area contributed by atoms with Crippen LogP contribution in [0.15, 0.2) is 18.3 Å². The van der Waals surface area contributed by atoms with Gasteiger partial charge in [-0.1, -0.05) is 6.07 Å². The van der Waals surface area contributed by atoms with Gasteiger partial charge in [0, 0.05) is 12.7 Å². The molecule has 0 radical (unpaired) electrons. The number of hydrogen-bond acceptors (Lipinski definition) is 3. The first-order valence-electron chi connectivity index (χ1n) is 4.27. The first kappa shape index (κ1) is 10.9. The first-order chi connectivity index (χ1) is 6.33. The van der Waals surface area contributed by atoms with E-state index in [0.29, 0.717) is 6.54 Å². The minimum absolute atomic E-state index is 0. The maximum absolute atomic E-state index is 11.3. The van der Waals surface area contributed by atoms with E-state index in [9.17, 15) is 4.79 Å². The van der Waals surface area contributed by atoms with Gasteiger partial charge in [0.25, 0.3) is 0 Å². The Bertz CT molecular complexity index is 343. The normalized spacial score (nSPS) is 13.4. The zero-order valence-corrected chi connectivity index (χ0v) is 8.46. The quantitative estimate of drug-likeness (QED) is 0.733. The average Bonchev–Trinajstić information content (AvgIpc) is 2.60. The molecule has 1 aromatic rings. The number of anilines is 1. The van der Waals surface area contributed by atoms with Gasteiger partial charge in [-0.2, -0.15) is 0 Å². The predicted octanol–water partition coefficient (Wildman–Crippen LogP) is 0.351. The van der Waals surface area contributed by atoms with Gasteiger partial charge < -0.3 is 5.73 Å². The van der Waals surface area contributed by atoms with Gasteiger partial charge in [0.1, 0.15) is 5.82 Å². The molecule has 2 rings (SSSR count). The number of rotatable bonds is 1. The van der Waals surface area contributed by atoms with E-state index in [1.54, 1.807) is 11.1 Å². The maximum atomic E-state index is 11.3. The van der Waals surface area contributed by atoms with E-state index in [2.05, 4.69) is 4.98 Å². The number of carbonyl (C=O) groups excluding carboxylic acids is 1. The molecular formula is C9H12ClN3O. The van der Waals surface area contributed by atoms with E-state index in [0.717, 1.165) is 17.8 Å². The third-order valence-electron chi connectivity index (χ3n) is 2.20. The van der Waals surface area contributed by atoms with E-state index < -0.39 is 0 Å². The molecule has 2 N–H and O–H groups in total. The van der Waals surface area contributed by atoms with Gasteiger partial charge in [0.15, 0.2) is 0 Å². The Labute approximate surface area is 88.5 Å². The molecule has 1 aliphatic heterocycles. The molecule has 1 aliphatic rings. The van der Waals surface area contributed by atoms with Crippen LogP contribution in [0.3, 0.4) is 0 Å². The molecule has 0 fully saturated rings. The molecule has 14 heavy (non-hydrogen) atoms. The van der Waals surface area contributed by atoms with E-state index in [4.69, 9.17) is 5.73 Å². The van der Waals surface area contributed by atoms with Crippen LogP contribution >= 0.6 is 12.4 Å². The number of carbonyl (C=O) groups is 1. The number of hydrogen-bond donors (Lipinski definition) is 1. The van der Waals surface area contributed by atoms with Crippen LogP contribution in [0.5, 0.6) is 0 Å². The fourth-order valence-corrected chi connectivity index (χ4v) is 1.56. The summed E-state index contributed by atoms with van der Waals surface area (Å²) in [5.41, 5.74) is 6.42. The lowest BCUT2D eigenvalue weighted by molar-refractivity contribution is -0.117. The molecular weight excluding hydrogens is 202 g/mol. The Morgan fingerprint density at radius 1 is 1.64 bits per heavy atom. The Hall–Kier alpha value is -1.13. The molecule has 2 heterocycles. The Balaban J connectivity index is 0.000000980. The van der Waals surface area contributed by atoms with Gasteiger partial charge in [0.2, 0.25) is 5.91 Å². The molecule has 0 aliphatic carbocycles. The molecule has 0 saturated carbocycles. The molecule has 0 bridgehead atoms. The molecule has 1 aromatic heterocycles. The molecule has 0 spiro atoms. The Morgan fingerprint density at radius 2 is 2.43 bits per heavy atom. The molecule has 4 nitrogen and oxygen atoms in total. The van der Waals surface area contributed by atoms with Gasteiger partial charge in [-0.3, -0.25) is 9.69 Å². The summed E-state index contributed by atoms with van der Waals surface area (Å²) in [6.07, 6.45) is 2.58. The summed E-state index contributed by atoms with van der Waals surface area (Å²) < 4.78 is 0. The van der Waals surface area contributed by atoms with Crippen LogP contribution in [0.4, 0.5) is 5.82 Å². The second kappa shape index (κ2) is 4.39. The lowest BCUT2D eigenvalue weighted by atomic mass is 10.2. The number of aromatic nitrogens is 1. The highest BCUT2D eigenvalue weighted by Crippen LogP contribution is 2.24. The van der Waals surface area contributed by atoms with E-state index in [1.807, 2.05) is 12.1 Å². The van der Waals surface area contributed by atoms with Crippen molar-refractivity contribution in [3.05, 3.63) is 23.9 Å². The number of halogens is 1. The molecule has 0 unspecified atom stereocenters.